The Balaban J connectivity index is 1.56. The molecule has 5 nitrogen and oxygen atoms in total. The SMILES string of the molecule is COc1ccc(OCCNCC(=O)NCc2ccc(F)cc2)cc1. The van der Waals surface area contributed by atoms with E-state index in [4.69, 9.17) is 9.47 Å². The fourth-order valence-electron chi connectivity index (χ4n) is 1.98. The van der Waals surface area contributed by atoms with E-state index in [0.717, 1.165) is 17.1 Å². The van der Waals surface area contributed by atoms with Gasteiger partial charge in [-0.25, -0.2) is 4.39 Å². The molecule has 0 aliphatic heterocycles. The third-order valence-corrected chi connectivity index (χ3v) is 3.30. The van der Waals surface area contributed by atoms with E-state index in [2.05, 4.69) is 10.6 Å². The van der Waals surface area contributed by atoms with Gasteiger partial charge in [-0.1, -0.05) is 12.1 Å². The maximum atomic E-state index is 12.8. The first-order valence-electron chi connectivity index (χ1n) is 7.66. The smallest absolute Gasteiger partial charge is 0.234 e. The van der Waals surface area contributed by atoms with Gasteiger partial charge in [-0.15, -0.1) is 0 Å². The number of carbonyl (C=O) groups is 1. The number of carbonyl (C=O) groups excluding carboxylic acids is 1. The lowest BCUT2D eigenvalue weighted by Crippen LogP contribution is -2.35. The summed E-state index contributed by atoms with van der Waals surface area (Å²) in [6, 6.07) is 13.3. The zero-order valence-electron chi connectivity index (χ0n) is 13.5. The first kappa shape index (κ1) is 17.7. The zero-order valence-corrected chi connectivity index (χ0v) is 13.5. The summed E-state index contributed by atoms with van der Waals surface area (Å²) < 4.78 is 23.4. The van der Waals surface area contributed by atoms with Gasteiger partial charge in [0.2, 0.25) is 5.91 Å². The summed E-state index contributed by atoms with van der Waals surface area (Å²) in [6.07, 6.45) is 0. The molecule has 0 fully saturated rings. The average molecular weight is 332 g/mol. The van der Waals surface area contributed by atoms with Gasteiger partial charge in [0.1, 0.15) is 23.9 Å². The molecule has 0 unspecified atom stereocenters. The molecule has 2 rings (SSSR count). The number of halogens is 1. The Bertz CT molecular complexity index is 630. The fourth-order valence-corrected chi connectivity index (χ4v) is 1.98. The van der Waals surface area contributed by atoms with Crippen LogP contribution < -0.4 is 20.1 Å². The third kappa shape index (κ3) is 6.26. The Hall–Kier alpha value is -2.60. The van der Waals surface area contributed by atoms with E-state index in [1.807, 2.05) is 24.3 Å². The molecular weight excluding hydrogens is 311 g/mol. The second-order valence-electron chi connectivity index (χ2n) is 5.10. The highest BCUT2D eigenvalue weighted by Crippen LogP contribution is 2.16. The molecule has 1 amide bonds. The molecule has 0 saturated heterocycles. The van der Waals surface area contributed by atoms with E-state index >= 15 is 0 Å². The molecule has 0 bridgehead atoms. The van der Waals surface area contributed by atoms with Crippen LogP contribution in [0.25, 0.3) is 0 Å². The van der Waals surface area contributed by atoms with Crippen molar-refractivity contribution in [1.82, 2.24) is 10.6 Å². The van der Waals surface area contributed by atoms with Crippen molar-refractivity contribution in [3.63, 3.8) is 0 Å². The van der Waals surface area contributed by atoms with Crippen molar-refractivity contribution in [2.45, 2.75) is 6.54 Å². The third-order valence-electron chi connectivity index (χ3n) is 3.30. The molecule has 0 heterocycles. The van der Waals surface area contributed by atoms with E-state index in [-0.39, 0.29) is 18.3 Å². The highest BCUT2D eigenvalue weighted by Gasteiger charge is 2.01. The molecule has 0 atom stereocenters. The van der Waals surface area contributed by atoms with Crippen molar-refractivity contribution in [3.05, 3.63) is 59.9 Å². The van der Waals surface area contributed by atoms with E-state index in [0.29, 0.717) is 19.7 Å². The lowest BCUT2D eigenvalue weighted by Gasteiger charge is -2.09. The Morgan fingerprint density at radius 3 is 2.38 bits per heavy atom. The second-order valence-corrected chi connectivity index (χ2v) is 5.10. The van der Waals surface area contributed by atoms with Crippen LogP contribution in [0.4, 0.5) is 4.39 Å². The van der Waals surface area contributed by atoms with Gasteiger partial charge in [0, 0.05) is 13.1 Å². The minimum absolute atomic E-state index is 0.122. The van der Waals surface area contributed by atoms with Crippen LogP contribution in [0.5, 0.6) is 11.5 Å². The minimum Gasteiger partial charge on any atom is -0.497 e. The van der Waals surface area contributed by atoms with Crippen molar-refractivity contribution in [1.29, 1.82) is 0 Å². The summed E-state index contributed by atoms with van der Waals surface area (Å²) in [5, 5.41) is 5.76. The number of benzene rings is 2. The summed E-state index contributed by atoms with van der Waals surface area (Å²) in [5.41, 5.74) is 0.854. The first-order chi connectivity index (χ1) is 11.7. The largest absolute Gasteiger partial charge is 0.497 e. The Labute approximate surface area is 140 Å². The molecule has 2 aromatic carbocycles. The number of methoxy groups -OCH3 is 1. The lowest BCUT2D eigenvalue weighted by atomic mass is 10.2. The van der Waals surface area contributed by atoms with Crippen molar-refractivity contribution >= 4 is 5.91 Å². The molecule has 0 saturated carbocycles. The second kappa shape index (κ2) is 9.52. The summed E-state index contributed by atoms with van der Waals surface area (Å²) in [4.78, 5) is 11.7. The molecule has 24 heavy (non-hydrogen) atoms. The number of nitrogens with one attached hydrogen (secondary N) is 2. The van der Waals surface area contributed by atoms with Crippen molar-refractivity contribution in [2.24, 2.45) is 0 Å². The van der Waals surface area contributed by atoms with Crippen molar-refractivity contribution in [2.75, 3.05) is 26.8 Å². The average Bonchev–Trinajstić information content (AvgIpc) is 2.61. The quantitative estimate of drug-likeness (QED) is 0.691. The summed E-state index contributed by atoms with van der Waals surface area (Å²) >= 11 is 0. The topological polar surface area (TPSA) is 59.6 Å². The predicted molar refractivity (Wildman–Crippen MR) is 89.6 cm³/mol. The number of hydrogen-bond donors (Lipinski definition) is 2. The Morgan fingerprint density at radius 2 is 1.71 bits per heavy atom. The molecule has 0 aliphatic rings. The Kier molecular flexibility index (Phi) is 7.04. The molecule has 0 spiro atoms. The van der Waals surface area contributed by atoms with E-state index < -0.39 is 0 Å². The number of amides is 1. The van der Waals surface area contributed by atoms with Crippen LogP contribution in [0.2, 0.25) is 0 Å². The van der Waals surface area contributed by atoms with Crippen LogP contribution in [-0.2, 0) is 11.3 Å². The van der Waals surface area contributed by atoms with Gasteiger partial charge < -0.3 is 20.1 Å². The van der Waals surface area contributed by atoms with Crippen molar-refractivity contribution < 1.29 is 18.7 Å². The zero-order chi connectivity index (χ0) is 17.2. The van der Waals surface area contributed by atoms with Crippen LogP contribution in [0.1, 0.15) is 5.56 Å². The van der Waals surface area contributed by atoms with Gasteiger partial charge in [-0.3, -0.25) is 4.79 Å². The van der Waals surface area contributed by atoms with Gasteiger partial charge in [-0.2, -0.15) is 0 Å². The van der Waals surface area contributed by atoms with Gasteiger partial charge in [0.05, 0.1) is 13.7 Å². The van der Waals surface area contributed by atoms with Crippen LogP contribution in [-0.4, -0.2) is 32.7 Å². The van der Waals surface area contributed by atoms with E-state index in [1.54, 1.807) is 19.2 Å². The van der Waals surface area contributed by atoms with E-state index in [1.165, 1.54) is 12.1 Å². The highest BCUT2D eigenvalue weighted by molar-refractivity contribution is 5.77. The molecular formula is C18H21FN2O3. The molecule has 2 N–H and O–H groups in total. The highest BCUT2D eigenvalue weighted by atomic mass is 19.1. The summed E-state index contributed by atoms with van der Waals surface area (Å²) in [7, 11) is 1.61. The minimum atomic E-state index is -0.288. The molecule has 0 aliphatic carbocycles. The maximum Gasteiger partial charge on any atom is 0.234 e. The molecule has 6 heteroatoms. The van der Waals surface area contributed by atoms with Crippen LogP contribution in [0, 0.1) is 5.82 Å². The van der Waals surface area contributed by atoms with Crippen LogP contribution in [0.15, 0.2) is 48.5 Å². The normalized spacial score (nSPS) is 10.2. The standard InChI is InChI=1S/C18H21FN2O3/c1-23-16-6-8-17(9-7-16)24-11-10-20-13-18(22)21-12-14-2-4-15(19)5-3-14/h2-9,20H,10-13H2,1H3,(H,21,22). The van der Waals surface area contributed by atoms with Crippen LogP contribution >= 0.6 is 0 Å². The monoisotopic (exact) mass is 332 g/mol. The lowest BCUT2D eigenvalue weighted by molar-refractivity contribution is -0.120. The molecule has 128 valence electrons. The van der Waals surface area contributed by atoms with E-state index in [9.17, 15) is 9.18 Å². The maximum absolute atomic E-state index is 12.8. The van der Waals surface area contributed by atoms with Crippen molar-refractivity contribution in [3.8, 4) is 11.5 Å². The van der Waals surface area contributed by atoms with Gasteiger partial charge in [0.25, 0.3) is 0 Å². The molecule has 0 aromatic heterocycles. The predicted octanol–water partition coefficient (Wildman–Crippen LogP) is 2.12. The fraction of sp³-hybridized carbons (Fsp3) is 0.278. The van der Waals surface area contributed by atoms with Gasteiger partial charge in [-0.05, 0) is 42.0 Å². The molecule has 2 aromatic rings. The summed E-state index contributed by atoms with van der Waals surface area (Å²) in [5.74, 6) is 1.11. The summed E-state index contributed by atoms with van der Waals surface area (Å²) in [6.45, 7) is 1.59. The first-order valence-corrected chi connectivity index (χ1v) is 7.66. The van der Waals surface area contributed by atoms with Crippen LogP contribution in [0.3, 0.4) is 0 Å². The number of hydrogen-bond acceptors (Lipinski definition) is 4. The van der Waals surface area contributed by atoms with Gasteiger partial charge >= 0.3 is 0 Å². The molecule has 0 radical (unpaired) electrons. The Morgan fingerprint density at radius 1 is 1.04 bits per heavy atom. The van der Waals surface area contributed by atoms with Gasteiger partial charge in [0.15, 0.2) is 0 Å². The number of rotatable bonds is 9. The number of ether oxygens (including phenoxy) is 2.